The zero-order valence-electron chi connectivity index (χ0n) is 16.9. The van der Waals surface area contributed by atoms with E-state index < -0.39 is 18.1 Å². The van der Waals surface area contributed by atoms with Crippen LogP contribution in [0, 0.1) is 11.8 Å². The number of hydrogen-bond acceptors (Lipinski definition) is 5. The molecule has 0 aromatic heterocycles. The number of benzene rings is 2. The van der Waals surface area contributed by atoms with Gasteiger partial charge in [0, 0.05) is 0 Å². The third-order valence-corrected chi connectivity index (χ3v) is 5.73. The van der Waals surface area contributed by atoms with Gasteiger partial charge in [-0.05, 0) is 30.5 Å². The predicted octanol–water partition coefficient (Wildman–Crippen LogP) is 4.19. The molecule has 0 unspecified atom stereocenters. The third-order valence-electron chi connectivity index (χ3n) is 5.73. The number of hydrogen-bond donors (Lipinski definition) is 0. The molecule has 152 valence electrons. The van der Waals surface area contributed by atoms with Gasteiger partial charge >= 0.3 is 6.09 Å². The first kappa shape index (κ1) is 19.5. The van der Waals surface area contributed by atoms with Crippen LogP contribution in [-0.4, -0.2) is 35.7 Å². The second-order valence-corrected chi connectivity index (χ2v) is 7.95. The lowest BCUT2D eigenvalue weighted by Gasteiger charge is -2.30. The third kappa shape index (κ3) is 3.49. The van der Waals surface area contributed by atoms with Gasteiger partial charge in [-0.15, -0.1) is 0 Å². The monoisotopic (exact) mass is 394 g/mol. The van der Waals surface area contributed by atoms with Gasteiger partial charge in [-0.25, -0.2) is 14.8 Å². The summed E-state index contributed by atoms with van der Waals surface area (Å²) in [7, 11) is 0. The van der Waals surface area contributed by atoms with Crippen LogP contribution in [-0.2, 0) is 14.4 Å². The van der Waals surface area contributed by atoms with Crippen LogP contribution in [0.5, 0.6) is 0 Å². The first-order chi connectivity index (χ1) is 14.0. The molecule has 2 aliphatic heterocycles. The number of anilines is 1. The molecule has 0 aliphatic carbocycles. The lowest BCUT2D eigenvalue weighted by Crippen LogP contribution is -2.47. The van der Waals surface area contributed by atoms with Gasteiger partial charge in [0.05, 0.1) is 29.8 Å². The minimum Gasteiger partial charge on any atom is -0.447 e. The zero-order valence-corrected chi connectivity index (χ0v) is 16.9. The second kappa shape index (κ2) is 7.87. The summed E-state index contributed by atoms with van der Waals surface area (Å²) in [6.45, 7) is 6.11. The molecule has 2 aliphatic rings. The standard InChI is InChI=1S/C23H26N2O4/c1-15(2)19-14-28-23(27)24(19)22(26)20-16(3)29-25(18-12-8-5-9-13-18)21(20)17-10-6-4-7-11-17/h4-13,15-16,19-21H,14H2,1-3H3/t16-,19-,20-,21+/m1/s1. The molecule has 4 atom stereocenters. The molecule has 4 rings (SSSR count). The fourth-order valence-corrected chi connectivity index (χ4v) is 4.18. The number of rotatable bonds is 4. The van der Waals surface area contributed by atoms with E-state index in [1.807, 2.05) is 81.4 Å². The Morgan fingerprint density at radius 1 is 1.03 bits per heavy atom. The fourth-order valence-electron chi connectivity index (χ4n) is 4.18. The summed E-state index contributed by atoms with van der Waals surface area (Å²) in [5.74, 6) is -0.668. The topological polar surface area (TPSA) is 59.1 Å². The van der Waals surface area contributed by atoms with Crippen LogP contribution in [0.3, 0.4) is 0 Å². The zero-order chi connectivity index (χ0) is 20.5. The minimum atomic E-state index is -0.564. The Morgan fingerprint density at radius 2 is 1.66 bits per heavy atom. The van der Waals surface area contributed by atoms with Crippen molar-refractivity contribution >= 4 is 17.7 Å². The number of para-hydroxylation sites is 1. The number of carbonyl (C=O) groups excluding carboxylic acids is 2. The number of hydroxylamine groups is 1. The smallest absolute Gasteiger partial charge is 0.416 e. The molecule has 6 nitrogen and oxygen atoms in total. The highest BCUT2D eigenvalue weighted by Crippen LogP contribution is 2.43. The van der Waals surface area contributed by atoms with Gasteiger partial charge in [0.25, 0.3) is 0 Å². The summed E-state index contributed by atoms with van der Waals surface area (Å²) in [6.07, 6.45) is -0.958. The van der Waals surface area contributed by atoms with Crippen LogP contribution in [0.1, 0.15) is 32.4 Å². The van der Waals surface area contributed by atoms with Crippen molar-refractivity contribution in [3.8, 4) is 0 Å². The Kier molecular flexibility index (Phi) is 5.28. The maximum Gasteiger partial charge on any atom is 0.416 e. The Bertz CT molecular complexity index is 871. The molecule has 6 heteroatoms. The SMILES string of the molecule is CC(C)[C@H]1COC(=O)N1C(=O)[C@@H]1[C@@H](C)ON(c2ccccc2)[C@H]1c1ccccc1. The van der Waals surface area contributed by atoms with Gasteiger partial charge < -0.3 is 4.74 Å². The van der Waals surface area contributed by atoms with Crippen LogP contribution >= 0.6 is 0 Å². The molecule has 0 bridgehead atoms. The Hall–Kier alpha value is -2.86. The van der Waals surface area contributed by atoms with Crippen molar-refractivity contribution < 1.29 is 19.2 Å². The number of nitrogens with zero attached hydrogens (tertiary/aromatic N) is 2. The van der Waals surface area contributed by atoms with Gasteiger partial charge in [-0.3, -0.25) is 9.63 Å². The van der Waals surface area contributed by atoms with Gasteiger partial charge in [0.2, 0.25) is 5.91 Å². The minimum absolute atomic E-state index is 0.114. The molecular formula is C23H26N2O4. The van der Waals surface area contributed by atoms with E-state index in [0.717, 1.165) is 11.3 Å². The van der Waals surface area contributed by atoms with Crippen LogP contribution in [0.25, 0.3) is 0 Å². The molecule has 0 saturated carbocycles. The first-order valence-electron chi connectivity index (χ1n) is 10.0. The largest absolute Gasteiger partial charge is 0.447 e. The number of ether oxygens (including phenoxy) is 1. The summed E-state index contributed by atoms with van der Waals surface area (Å²) >= 11 is 0. The molecule has 2 amide bonds. The fraction of sp³-hybridized carbons (Fsp3) is 0.391. The van der Waals surface area contributed by atoms with Crippen molar-refractivity contribution in [3.05, 3.63) is 66.2 Å². The van der Waals surface area contributed by atoms with E-state index in [1.54, 1.807) is 5.06 Å². The summed E-state index contributed by atoms with van der Waals surface area (Å²) in [5, 5.41) is 1.80. The summed E-state index contributed by atoms with van der Waals surface area (Å²) < 4.78 is 5.22. The van der Waals surface area contributed by atoms with E-state index in [0.29, 0.717) is 0 Å². The molecule has 2 aromatic rings. The average Bonchev–Trinajstić information content (AvgIpc) is 3.29. The van der Waals surface area contributed by atoms with E-state index in [9.17, 15) is 9.59 Å². The maximum absolute atomic E-state index is 13.7. The molecular weight excluding hydrogens is 368 g/mol. The normalized spacial score (nSPS) is 26.8. The lowest BCUT2D eigenvalue weighted by atomic mass is 9.88. The first-order valence-corrected chi connectivity index (χ1v) is 10.0. The number of carbonyl (C=O) groups is 2. The molecule has 2 aromatic carbocycles. The van der Waals surface area contributed by atoms with E-state index in [1.165, 1.54) is 4.90 Å². The lowest BCUT2D eigenvalue weighted by molar-refractivity contribution is -0.135. The van der Waals surface area contributed by atoms with Crippen LogP contribution < -0.4 is 5.06 Å². The quantitative estimate of drug-likeness (QED) is 0.778. The van der Waals surface area contributed by atoms with Gasteiger partial charge in [0.1, 0.15) is 6.61 Å². The Balaban J connectivity index is 1.74. The second-order valence-electron chi connectivity index (χ2n) is 7.95. The molecule has 2 fully saturated rings. The average molecular weight is 394 g/mol. The van der Waals surface area contributed by atoms with Gasteiger partial charge in [-0.1, -0.05) is 62.4 Å². The van der Waals surface area contributed by atoms with Gasteiger partial charge in [-0.2, -0.15) is 0 Å². The number of amides is 2. The molecule has 2 heterocycles. The maximum atomic E-state index is 13.7. The predicted molar refractivity (Wildman–Crippen MR) is 109 cm³/mol. The summed E-state index contributed by atoms with van der Waals surface area (Å²) in [4.78, 5) is 33.6. The van der Waals surface area contributed by atoms with Crippen LogP contribution in [0.4, 0.5) is 10.5 Å². The Morgan fingerprint density at radius 3 is 2.28 bits per heavy atom. The van der Waals surface area contributed by atoms with E-state index in [4.69, 9.17) is 9.57 Å². The molecule has 0 spiro atoms. The molecule has 0 radical (unpaired) electrons. The summed E-state index contributed by atoms with van der Waals surface area (Å²) in [5.41, 5.74) is 1.83. The molecule has 2 saturated heterocycles. The summed E-state index contributed by atoms with van der Waals surface area (Å²) in [6, 6.07) is 18.9. The van der Waals surface area contributed by atoms with Crippen molar-refractivity contribution in [1.29, 1.82) is 0 Å². The molecule has 29 heavy (non-hydrogen) atoms. The number of imide groups is 1. The van der Waals surface area contributed by atoms with Crippen molar-refractivity contribution in [2.24, 2.45) is 11.8 Å². The van der Waals surface area contributed by atoms with E-state index in [2.05, 4.69) is 0 Å². The van der Waals surface area contributed by atoms with Crippen LogP contribution in [0.2, 0.25) is 0 Å². The van der Waals surface area contributed by atoms with E-state index >= 15 is 0 Å². The van der Waals surface area contributed by atoms with Crippen molar-refractivity contribution in [2.75, 3.05) is 11.7 Å². The highest BCUT2D eigenvalue weighted by molar-refractivity contribution is 5.96. The molecule has 0 N–H and O–H groups in total. The van der Waals surface area contributed by atoms with Crippen molar-refractivity contribution in [2.45, 2.75) is 39.0 Å². The Labute approximate surface area is 171 Å². The highest BCUT2D eigenvalue weighted by Gasteiger charge is 2.52. The van der Waals surface area contributed by atoms with Crippen LogP contribution in [0.15, 0.2) is 60.7 Å². The van der Waals surface area contributed by atoms with Crippen molar-refractivity contribution in [3.63, 3.8) is 0 Å². The van der Waals surface area contributed by atoms with Crippen molar-refractivity contribution in [1.82, 2.24) is 4.90 Å². The van der Waals surface area contributed by atoms with Gasteiger partial charge in [0.15, 0.2) is 0 Å². The number of cyclic esters (lactones) is 1. The van der Waals surface area contributed by atoms with E-state index in [-0.39, 0.29) is 30.5 Å². The highest BCUT2D eigenvalue weighted by atomic mass is 16.7.